The second-order valence-electron chi connectivity index (χ2n) is 7.36. The summed E-state index contributed by atoms with van der Waals surface area (Å²) < 4.78 is 0. The lowest BCUT2D eigenvalue weighted by Gasteiger charge is -2.49. The summed E-state index contributed by atoms with van der Waals surface area (Å²) in [6.45, 7) is 6.64. The van der Waals surface area contributed by atoms with Gasteiger partial charge in [-0.25, -0.2) is 0 Å². The van der Waals surface area contributed by atoms with Gasteiger partial charge in [0.05, 0.1) is 6.04 Å². The van der Waals surface area contributed by atoms with Gasteiger partial charge in [-0.05, 0) is 56.4 Å². The molecule has 0 aromatic rings. The fourth-order valence-corrected chi connectivity index (χ4v) is 4.75. The molecule has 5 atom stereocenters. The summed E-state index contributed by atoms with van der Waals surface area (Å²) in [6, 6.07) is 0.621. The highest BCUT2D eigenvalue weighted by atomic mass is 16.2. The molecule has 2 aliphatic heterocycles. The maximum absolute atomic E-state index is 13.0. The number of rotatable bonds is 1. The number of carbonyl (C=O) groups is 1. The molecular weight excluding hydrogens is 248 g/mol. The van der Waals surface area contributed by atoms with E-state index < -0.39 is 0 Å². The highest BCUT2D eigenvalue weighted by Crippen LogP contribution is 2.39. The fourth-order valence-electron chi connectivity index (χ4n) is 4.75. The molecule has 3 nitrogen and oxygen atoms in total. The van der Waals surface area contributed by atoms with Gasteiger partial charge in [0.1, 0.15) is 0 Å². The van der Waals surface area contributed by atoms with Crippen molar-refractivity contribution in [3.63, 3.8) is 0 Å². The van der Waals surface area contributed by atoms with E-state index >= 15 is 0 Å². The SMILES string of the molecule is CC1CCCNC1C(=O)N1CCC(C)C2CCCCC21. The lowest BCUT2D eigenvalue weighted by atomic mass is 9.72. The van der Waals surface area contributed by atoms with Crippen LogP contribution in [0.15, 0.2) is 0 Å². The predicted molar refractivity (Wildman–Crippen MR) is 81.4 cm³/mol. The predicted octanol–water partition coefficient (Wildman–Crippen LogP) is 2.80. The largest absolute Gasteiger partial charge is 0.338 e. The summed E-state index contributed by atoms with van der Waals surface area (Å²) in [6.07, 6.45) is 8.87. The standard InChI is InChI=1S/C17H30N2O/c1-12-9-11-19(15-8-4-3-7-14(12)15)17(20)16-13(2)6-5-10-18-16/h12-16,18H,3-11H2,1-2H3. The Morgan fingerprint density at radius 2 is 1.80 bits per heavy atom. The van der Waals surface area contributed by atoms with Crippen LogP contribution in [0.5, 0.6) is 0 Å². The van der Waals surface area contributed by atoms with Gasteiger partial charge in [0, 0.05) is 12.6 Å². The van der Waals surface area contributed by atoms with Crippen LogP contribution in [0.1, 0.15) is 58.8 Å². The number of likely N-dealkylation sites (tertiary alicyclic amines) is 1. The highest BCUT2D eigenvalue weighted by molar-refractivity contribution is 5.82. The van der Waals surface area contributed by atoms with Crippen LogP contribution in [-0.4, -0.2) is 36.0 Å². The van der Waals surface area contributed by atoms with Crippen molar-refractivity contribution in [1.29, 1.82) is 0 Å². The molecule has 3 rings (SSSR count). The Kier molecular flexibility index (Phi) is 4.34. The van der Waals surface area contributed by atoms with Gasteiger partial charge in [0.2, 0.25) is 5.91 Å². The maximum Gasteiger partial charge on any atom is 0.240 e. The van der Waals surface area contributed by atoms with Crippen LogP contribution in [-0.2, 0) is 4.79 Å². The number of piperidine rings is 2. The van der Waals surface area contributed by atoms with Gasteiger partial charge < -0.3 is 10.2 Å². The van der Waals surface area contributed by atoms with Crippen molar-refractivity contribution in [2.24, 2.45) is 17.8 Å². The van der Waals surface area contributed by atoms with E-state index in [-0.39, 0.29) is 6.04 Å². The van der Waals surface area contributed by atoms with E-state index in [1.54, 1.807) is 0 Å². The highest BCUT2D eigenvalue weighted by Gasteiger charge is 2.42. The molecule has 0 aromatic heterocycles. The summed E-state index contributed by atoms with van der Waals surface area (Å²) in [5.41, 5.74) is 0. The molecule has 20 heavy (non-hydrogen) atoms. The molecule has 5 unspecified atom stereocenters. The van der Waals surface area contributed by atoms with Crippen LogP contribution in [0, 0.1) is 17.8 Å². The van der Waals surface area contributed by atoms with Crippen LogP contribution in [0.25, 0.3) is 0 Å². The van der Waals surface area contributed by atoms with Crippen molar-refractivity contribution in [2.45, 2.75) is 70.9 Å². The molecule has 3 fully saturated rings. The van der Waals surface area contributed by atoms with Gasteiger partial charge >= 0.3 is 0 Å². The first-order chi connectivity index (χ1) is 9.68. The number of nitrogens with one attached hydrogen (secondary N) is 1. The van der Waals surface area contributed by atoms with E-state index in [0.717, 1.165) is 24.9 Å². The minimum Gasteiger partial charge on any atom is -0.338 e. The quantitative estimate of drug-likeness (QED) is 0.800. The van der Waals surface area contributed by atoms with Gasteiger partial charge in [-0.1, -0.05) is 26.7 Å². The second kappa shape index (κ2) is 6.05. The van der Waals surface area contributed by atoms with Gasteiger partial charge in [0.25, 0.3) is 0 Å². The number of amides is 1. The molecule has 1 N–H and O–H groups in total. The molecule has 0 bridgehead atoms. The zero-order valence-electron chi connectivity index (χ0n) is 13.1. The number of hydrogen-bond donors (Lipinski definition) is 1. The van der Waals surface area contributed by atoms with E-state index in [1.165, 1.54) is 44.9 Å². The van der Waals surface area contributed by atoms with Crippen molar-refractivity contribution < 1.29 is 4.79 Å². The summed E-state index contributed by atoms with van der Waals surface area (Å²) in [4.78, 5) is 15.3. The van der Waals surface area contributed by atoms with Crippen molar-refractivity contribution in [1.82, 2.24) is 10.2 Å². The minimum atomic E-state index is 0.0831. The third-order valence-electron chi connectivity index (χ3n) is 6.06. The third kappa shape index (κ3) is 2.61. The fraction of sp³-hybridized carbons (Fsp3) is 0.941. The molecule has 0 spiro atoms. The molecule has 2 heterocycles. The third-order valence-corrected chi connectivity index (χ3v) is 6.06. The topological polar surface area (TPSA) is 32.3 Å². The normalized spacial score (nSPS) is 42.1. The molecule has 114 valence electrons. The lowest BCUT2D eigenvalue weighted by Crippen LogP contribution is -2.59. The summed E-state index contributed by atoms with van der Waals surface area (Å²) in [5.74, 6) is 2.47. The van der Waals surface area contributed by atoms with Crippen molar-refractivity contribution >= 4 is 5.91 Å². The molecule has 1 aliphatic carbocycles. The molecule has 0 radical (unpaired) electrons. The van der Waals surface area contributed by atoms with E-state index in [0.29, 0.717) is 17.9 Å². The first-order valence-corrected chi connectivity index (χ1v) is 8.72. The lowest BCUT2D eigenvalue weighted by molar-refractivity contribution is -0.143. The van der Waals surface area contributed by atoms with Crippen LogP contribution >= 0.6 is 0 Å². The monoisotopic (exact) mass is 278 g/mol. The summed E-state index contributed by atoms with van der Waals surface area (Å²) in [5, 5.41) is 3.48. The van der Waals surface area contributed by atoms with Crippen molar-refractivity contribution in [3.05, 3.63) is 0 Å². The van der Waals surface area contributed by atoms with Crippen LogP contribution in [0.4, 0.5) is 0 Å². The zero-order valence-corrected chi connectivity index (χ0v) is 13.1. The summed E-state index contributed by atoms with van der Waals surface area (Å²) >= 11 is 0. The van der Waals surface area contributed by atoms with Gasteiger partial charge in [0.15, 0.2) is 0 Å². The maximum atomic E-state index is 13.0. The van der Waals surface area contributed by atoms with Gasteiger partial charge in [-0.3, -0.25) is 4.79 Å². The van der Waals surface area contributed by atoms with Crippen LogP contribution in [0.3, 0.4) is 0 Å². The van der Waals surface area contributed by atoms with Crippen molar-refractivity contribution in [2.75, 3.05) is 13.1 Å². The first kappa shape index (κ1) is 14.4. The molecule has 0 aromatic carbocycles. The Morgan fingerprint density at radius 1 is 1.00 bits per heavy atom. The van der Waals surface area contributed by atoms with E-state index in [2.05, 4.69) is 24.1 Å². The molecule has 1 amide bonds. The average Bonchev–Trinajstić information content (AvgIpc) is 2.48. The van der Waals surface area contributed by atoms with Crippen LogP contribution < -0.4 is 5.32 Å². The van der Waals surface area contributed by atoms with Crippen molar-refractivity contribution in [3.8, 4) is 0 Å². The van der Waals surface area contributed by atoms with E-state index in [9.17, 15) is 4.79 Å². The van der Waals surface area contributed by atoms with Gasteiger partial charge in [-0.2, -0.15) is 0 Å². The molecule has 3 aliphatic rings. The van der Waals surface area contributed by atoms with Crippen LogP contribution in [0.2, 0.25) is 0 Å². The van der Waals surface area contributed by atoms with E-state index in [4.69, 9.17) is 0 Å². The summed E-state index contributed by atoms with van der Waals surface area (Å²) in [7, 11) is 0. The number of fused-ring (bicyclic) bond motifs is 1. The average molecular weight is 278 g/mol. The van der Waals surface area contributed by atoms with Gasteiger partial charge in [-0.15, -0.1) is 0 Å². The molecule has 2 saturated heterocycles. The number of carbonyl (C=O) groups excluding carboxylic acids is 1. The number of hydrogen-bond acceptors (Lipinski definition) is 2. The Morgan fingerprint density at radius 3 is 2.60 bits per heavy atom. The number of nitrogens with zero attached hydrogens (tertiary/aromatic N) is 1. The van der Waals surface area contributed by atoms with E-state index in [1.807, 2.05) is 0 Å². The minimum absolute atomic E-state index is 0.0831. The Bertz CT molecular complexity index is 357. The molecule has 3 heteroatoms. The molecule has 1 saturated carbocycles. The zero-order chi connectivity index (χ0) is 14.1. The Labute approximate surface area is 123 Å². The smallest absolute Gasteiger partial charge is 0.240 e. The Hall–Kier alpha value is -0.570. The second-order valence-corrected chi connectivity index (χ2v) is 7.36. The molecular formula is C17H30N2O. The Balaban J connectivity index is 1.73. The first-order valence-electron chi connectivity index (χ1n) is 8.72.